The highest BCUT2D eigenvalue weighted by atomic mass is 32.2. The first-order valence-corrected chi connectivity index (χ1v) is 9.13. The average Bonchev–Trinajstić information content (AvgIpc) is 3.12. The van der Waals surface area contributed by atoms with Crippen LogP contribution in [0.1, 0.15) is 9.67 Å². The number of amides is 1. The first-order valence-electron chi connectivity index (χ1n) is 7.13. The van der Waals surface area contributed by atoms with Crippen LogP contribution in [0.3, 0.4) is 0 Å². The molecule has 0 radical (unpaired) electrons. The molecule has 0 bridgehead atoms. The van der Waals surface area contributed by atoms with Gasteiger partial charge >= 0.3 is 0 Å². The van der Waals surface area contributed by atoms with Gasteiger partial charge in [-0.05, 0) is 48.1 Å². The molecule has 2 aromatic carbocycles. The number of ether oxygens (including phenoxy) is 1. The van der Waals surface area contributed by atoms with E-state index in [0.29, 0.717) is 16.3 Å². The molecule has 0 aliphatic rings. The molecule has 1 N–H and O–H groups in total. The normalized spacial score (nSPS) is 10.4. The summed E-state index contributed by atoms with van der Waals surface area (Å²) in [5.41, 5.74) is 2.10. The number of benzene rings is 2. The van der Waals surface area contributed by atoms with Crippen LogP contribution >= 0.6 is 23.3 Å². The molecule has 5 nitrogen and oxygen atoms in total. The molecular formula is C17H15N3O2S2. The molecule has 0 fully saturated rings. The second-order valence-corrected chi connectivity index (χ2v) is 6.50. The van der Waals surface area contributed by atoms with E-state index in [0.717, 1.165) is 27.7 Å². The zero-order valence-corrected chi connectivity index (χ0v) is 14.8. The second-order valence-electron chi connectivity index (χ2n) is 4.87. The van der Waals surface area contributed by atoms with Gasteiger partial charge in [-0.2, -0.15) is 0 Å². The van der Waals surface area contributed by atoms with Gasteiger partial charge in [-0.3, -0.25) is 4.79 Å². The molecule has 3 rings (SSSR count). The molecule has 0 spiro atoms. The third kappa shape index (κ3) is 3.58. The summed E-state index contributed by atoms with van der Waals surface area (Å²) < 4.78 is 9.16. The van der Waals surface area contributed by atoms with Crippen LogP contribution in [0.4, 0.5) is 5.69 Å². The van der Waals surface area contributed by atoms with Crippen molar-refractivity contribution in [2.75, 3.05) is 18.7 Å². The number of methoxy groups -OCH3 is 1. The summed E-state index contributed by atoms with van der Waals surface area (Å²) in [6.07, 6.45) is 1.99. The van der Waals surface area contributed by atoms with E-state index in [4.69, 9.17) is 4.74 Å². The number of carbonyl (C=O) groups is 1. The van der Waals surface area contributed by atoms with Crippen LogP contribution in [0.25, 0.3) is 11.3 Å². The van der Waals surface area contributed by atoms with E-state index in [1.807, 2.05) is 54.8 Å². The minimum absolute atomic E-state index is 0.221. The molecule has 24 heavy (non-hydrogen) atoms. The minimum atomic E-state index is -0.221. The van der Waals surface area contributed by atoms with Gasteiger partial charge in [-0.15, -0.1) is 16.9 Å². The first-order chi connectivity index (χ1) is 11.7. The fraction of sp³-hybridized carbons (Fsp3) is 0.118. The van der Waals surface area contributed by atoms with Crippen molar-refractivity contribution >= 4 is 34.9 Å². The number of nitrogens with zero attached hydrogens (tertiary/aromatic N) is 2. The molecule has 1 amide bonds. The lowest BCUT2D eigenvalue weighted by atomic mass is 10.1. The largest absolute Gasteiger partial charge is 0.497 e. The molecule has 3 aromatic rings. The molecule has 0 saturated carbocycles. The second kappa shape index (κ2) is 7.46. The fourth-order valence-corrected chi connectivity index (χ4v) is 3.23. The summed E-state index contributed by atoms with van der Waals surface area (Å²) in [5, 5.41) is 7.01. The molecule has 122 valence electrons. The Morgan fingerprint density at radius 1 is 1.21 bits per heavy atom. The fourth-order valence-electron chi connectivity index (χ4n) is 2.19. The maximum atomic E-state index is 12.6. The maximum absolute atomic E-state index is 12.6. The Labute approximate surface area is 148 Å². The number of nitrogens with one attached hydrogen (secondary N) is 1. The Hall–Kier alpha value is -2.38. The van der Waals surface area contributed by atoms with Gasteiger partial charge in [0.15, 0.2) is 0 Å². The predicted octanol–water partition coefficient (Wildman–Crippen LogP) is 4.19. The number of hydrogen-bond donors (Lipinski definition) is 1. The monoisotopic (exact) mass is 357 g/mol. The van der Waals surface area contributed by atoms with Gasteiger partial charge in [0.05, 0.1) is 7.11 Å². The Morgan fingerprint density at radius 2 is 2.04 bits per heavy atom. The zero-order chi connectivity index (χ0) is 16.9. The quantitative estimate of drug-likeness (QED) is 0.694. The maximum Gasteiger partial charge on any atom is 0.269 e. The van der Waals surface area contributed by atoms with Gasteiger partial charge in [0, 0.05) is 16.1 Å². The summed E-state index contributed by atoms with van der Waals surface area (Å²) in [5.74, 6) is 0.487. The number of hydrogen-bond acceptors (Lipinski definition) is 6. The molecular weight excluding hydrogens is 342 g/mol. The number of carbonyl (C=O) groups excluding carboxylic acids is 1. The van der Waals surface area contributed by atoms with Crippen LogP contribution in [0.2, 0.25) is 0 Å². The number of aromatic nitrogens is 2. The standard InChI is InChI=1S/C17H15N3O2S2/c1-22-13-7-3-5-11(9-13)15-16(24-20-19-15)17(21)18-12-6-4-8-14(10-12)23-2/h3-10H,1-2H3,(H,18,21). The Balaban J connectivity index is 1.87. The smallest absolute Gasteiger partial charge is 0.269 e. The summed E-state index contributed by atoms with van der Waals surface area (Å²) in [4.78, 5) is 14.2. The molecule has 1 aromatic heterocycles. The van der Waals surface area contributed by atoms with Crippen LogP contribution < -0.4 is 10.1 Å². The number of anilines is 1. The zero-order valence-electron chi connectivity index (χ0n) is 13.1. The van der Waals surface area contributed by atoms with Gasteiger partial charge in [-0.1, -0.05) is 22.7 Å². The van der Waals surface area contributed by atoms with E-state index < -0.39 is 0 Å². The van der Waals surface area contributed by atoms with Gasteiger partial charge in [-0.25, -0.2) is 0 Å². The molecule has 0 atom stereocenters. The van der Waals surface area contributed by atoms with E-state index in [1.165, 1.54) is 0 Å². The highest BCUT2D eigenvalue weighted by molar-refractivity contribution is 7.98. The van der Waals surface area contributed by atoms with E-state index in [9.17, 15) is 4.79 Å². The summed E-state index contributed by atoms with van der Waals surface area (Å²) >= 11 is 2.70. The van der Waals surface area contributed by atoms with Crippen molar-refractivity contribution in [3.8, 4) is 17.0 Å². The minimum Gasteiger partial charge on any atom is -0.497 e. The highest BCUT2D eigenvalue weighted by Gasteiger charge is 2.18. The van der Waals surface area contributed by atoms with Crippen LogP contribution in [-0.4, -0.2) is 28.9 Å². The molecule has 7 heteroatoms. The van der Waals surface area contributed by atoms with E-state index in [-0.39, 0.29) is 5.91 Å². The van der Waals surface area contributed by atoms with Crippen LogP contribution in [-0.2, 0) is 0 Å². The predicted molar refractivity (Wildman–Crippen MR) is 98.1 cm³/mol. The van der Waals surface area contributed by atoms with E-state index >= 15 is 0 Å². The Bertz CT molecular complexity index is 864. The topological polar surface area (TPSA) is 64.1 Å². The van der Waals surface area contributed by atoms with Crippen molar-refractivity contribution in [1.29, 1.82) is 0 Å². The van der Waals surface area contributed by atoms with Crippen molar-refractivity contribution in [2.24, 2.45) is 0 Å². The summed E-state index contributed by atoms with van der Waals surface area (Å²) in [6, 6.07) is 15.1. The molecule has 1 heterocycles. The molecule has 0 aliphatic heterocycles. The number of rotatable bonds is 5. The molecule has 0 saturated heterocycles. The third-order valence-corrected chi connectivity index (χ3v) is 4.81. The first kappa shape index (κ1) is 16.5. The number of thioether (sulfide) groups is 1. The van der Waals surface area contributed by atoms with Gasteiger partial charge in [0.2, 0.25) is 0 Å². The van der Waals surface area contributed by atoms with Crippen molar-refractivity contribution < 1.29 is 9.53 Å². The van der Waals surface area contributed by atoms with Gasteiger partial charge in [0.1, 0.15) is 16.3 Å². The lowest BCUT2D eigenvalue weighted by Crippen LogP contribution is -2.11. The third-order valence-electron chi connectivity index (χ3n) is 3.37. The molecule has 0 aliphatic carbocycles. The van der Waals surface area contributed by atoms with E-state index in [2.05, 4.69) is 14.9 Å². The van der Waals surface area contributed by atoms with Gasteiger partial charge in [0.25, 0.3) is 5.91 Å². The van der Waals surface area contributed by atoms with E-state index in [1.54, 1.807) is 18.9 Å². The van der Waals surface area contributed by atoms with Crippen LogP contribution in [0.5, 0.6) is 5.75 Å². The lowest BCUT2D eigenvalue weighted by molar-refractivity contribution is 0.103. The van der Waals surface area contributed by atoms with Crippen molar-refractivity contribution in [3.63, 3.8) is 0 Å². The van der Waals surface area contributed by atoms with Crippen molar-refractivity contribution in [3.05, 3.63) is 53.4 Å². The summed E-state index contributed by atoms with van der Waals surface area (Å²) in [7, 11) is 1.60. The van der Waals surface area contributed by atoms with Crippen molar-refractivity contribution in [2.45, 2.75) is 4.90 Å². The average molecular weight is 357 g/mol. The van der Waals surface area contributed by atoms with Crippen molar-refractivity contribution in [1.82, 2.24) is 9.59 Å². The Morgan fingerprint density at radius 3 is 2.83 bits per heavy atom. The van der Waals surface area contributed by atoms with Gasteiger partial charge < -0.3 is 10.1 Å². The summed E-state index contributed by atoms with van der Waals surface area (Å²) in [6.45, 7) is 0. The molecule has 0 unspecified atom stereocenters. The van der Waals surface area contributed by atoms with Crippen LogP contribution in [0, 0.1) is 0 Å². The van der Waals surface area contributed by atoms with Crippen LogP contribution in [0.15, 0.2) is 53.4 Å². The Kier molecular flexibility index (Phi) is 5.12. The lowest BCUT2D eigenvalue weighted by Gasteiger charge is -2.07. The highest BCUT2D eigenvalue weighted by Crippen LogP contribution is 2.28. The SMILES string of the molecule is COc1cccc(-c2nnsc2C(=O)Nc2cccc(SC)c2)c1.